The highest BCUT2D eigenvalue weighted by atomic mass is 16.6. The van der Waals surface area contributed by atoms with Gasteiger partial charge in [0, 0.05) is 6.07 Å². The fourth-order valence-corrected chi connectivity index (χ4v) is 1.08. The molecule has 0 heterocycles. The third-order valence-corrected chi connectivity index (χ3v) is 1.76. The van der Waals surface area contributed by atoms with Gasteiger partial charge in [0.1, 0.15) is 13.4 Å². The van der Waals surface area contributed by atoms with Gasteiger partial charge in [-0.05, 0) is 6.07 Å². The molecule has 0 saturated carbocycles. The van der Waals surface area contributed by atoms with Crippen LogP contribution in [0.4, 0.5) is 5.69 Å². The molecule has 14 heavy (non-hydrogen) atoms. The van der Waals surface area contributed by atoms with Crippen molar-refractivity contribution >= 4 is 25.0 Å². The number of carbonyl (C=O) groups is 1. The highest BCUT2D eigenvalue weighted by molar-refractivity contribution is 6.32. The zero-order chi connectivity index (χ0) is 10.7. The van der Waals surface area contributed by atoms with Gasteiger partial charge in [0.2, 0.25) is 0 Å². The number of esters is 1. The zero-order valence-corrected chi connectivity index (χ0v) is 7.81. The maximum absolute atomic E-state index is 11.1. The summed E-state index contributed by atoms with van der Waals surface area (Å²) in [5.74, 6) is -0.697. The molecule has 0 N–H and O–H groups in total. The minimum atomic E-state index is -0.697. The molecule has 1 aromatic carbocycles. The van der Waals surface area contributed by atoms with E-state index in [1.165, 1.54) is 19.2 Å². The first-order chi connectivity index (χ1) is 6.56. The number of carbonyl (C=O) groups excluding carboxylic acids is 1. The maximum atomic E-state index is 11.1. The monoisotopic (exact) mass is 193 g/mol. The van der Waals surface area contributed by atoms with E-state index in [0.29, 0.717) is 0 Å². The van der Waals surface area contributed by atoms with Crippen molar-refractivity contribution in [1.29, 1.82) is 0 Å². The molecule has 0 saturated heterocycles. The molecule has 0 unspecified atom stereocenters. The Kier molecular flexibility index (Phi) is 2.86. The lowest BCUT2D eigenvalue weighted by Gasteiger charge is -2.01. The van der Waals surface area contributed by atoms with Crippen LogP contribution >= 0.6 is 0 Å². The average Bonchev–Trinajstić information content (AvgIpc) is 2.16. The van der Waals surface area contributed by atoms with E-state index < -0.39 is 10.9 Å². The number of nitro groups is 1. The van der Waals surface area contributed by atoms with E-state index in [1.807, 2.05) is 0 Å². The Morgan fingerprint density at radius 3 is 2.71 bits per heavy atom. The molecule has 1 rings (SSSR count). The summed E-state index contributed by atoms with van der Waals surface area (Å²) in [6.07, 6.45) is 0. The van der Waals surface area contributed by atoms with Crippen LogP contribution in [0.1, 0.15) is 10.4 Å². The summed E-state index contributed by atoms with van der Waals surface area (Å²) < 4.78 is 4.42. The van der Waals surface area contributed by atoms with Crippen molar-refractivity contribution in [2.45, 2.75) is 0 Å². The van der Waals surface area contributed by atoms with Gasteiger partial charge in [-0.3, -0.25) is 10.1 Å². The Morgan fingerprint density at radius 2 is 2.21 bits per heavy atom. The van der Waals surface area contributed by atoms with Gasteiger partial charge in [-0.25, -0.2) is 4.79 Å². The predicted octanol–water partition coefficient (Wildman–Crippen LogP) is -0.360. The molecule has 0 fully saturated rings. The predicted molar refractivity (Wildman–Crippen MR) is 52.6 cm³/mol. The third-order valence-electron chi connectivity index (χ3n) is 1.76. The molecule has 0 atom stereocenters. The summed E-state index contributed by atoms with van der Waals surface area (Å²) in [5.41, 5.74) is 0.476. The number of ether oxygens (including phenoxy) is 1. The van der Waals surface area contributed by atoms with Crippen LogP contribution in [0.15, 0.2) is 18.2 Å². The summed E-state index contributed by atoms with van der Waals surface area (Å²) in [6.45, 7) is 0. The quantitative estimate of drug-likeness (QED) is 0.278. The fraction of sp³-hybridized carbons (Fsp3) is 0.125. The van der Waals surface area contributed by atoms with Crippen LogP contribution < -0.4 is 5.46 Å². The van der Waals surface area contributed by atoms with Gasteiger partial charge in [0.15, 0.2) is 0 Å². The van der Waals surface area contributed by atoms with E-state index in [4.69, 9.17) is 0 Å². The largest absolute Gasteiger partial charge is 0.465 e. The van der Waals surface area contributed by atoms with E-state index in [1.54, 1.807) is 13.9 Å². The summed E-state index contributed by atoms with van der Waals surface area (Å²) in [4.78, 5) is 21.1. The number of benzene rings is 1. The minimum absolute atomic E-state index is 0.0249. The van der Waals surface area contributed by atoms with E-state index in [-0.39, 0.29) is 11.3 Å². The number of nitro benzene ring substituents is 1. The van der Waals surface area contributed by atoms with Crippen LogP contribution in [0.25, 0.3) is 0 Å². The summed E-state index contributed by atoms with van der Waals surface area (Å²) >= 11 is 0. The van der Waals surface area contributed by atoms with Crippen LogP contribution in [0, 0.1) is 10.1 Å². The van der Waals surface area contributed by atoms with Gasteiger partial charge in [-0.2, -0.15) is 0 Å². The molecule has 0 aliphatic carbocycles. The Balaban J connectivity index is 3.28. The molecule has 0 bridgehead atoms. The topological polar surface area (TPSA) is 69.4 Å². The van der Waals surface area contributed by atoms with Crippen molar-refractivity contribution in [1.82, 2.24) is 0 Å². The number of hydrogen-bond donors (Lipinski definition) is 0. The summed E-state index contributed by atoms with van der Waals surface area (Å²) in [7, 11) is 2.90. The van der Waals surface area contributed by atoms with Gasteiger partial charge in [0.25, 0.3) is 5.69 Å². The average molecular weight is 193 g/mol. The van der Waals surface area contributed by atoms with Crippen molar-refractivity contribution in [3.8, 4) is 0 Å². The third kappa shape index (κ3) is 1.90. The van der Waals surface area contributed by atoms with Crippen LogP contribution in [-0.4, -0.2) is 25.8 Å². The van der Waals surface area contributed by atoms with Gasteiger partial charge in [0.05, 0.1) is 12.0 Å². The molecule has 0 radical (unpaired) electrons. The van der Waals surface area contributed by atoms with Crippen molar-refractivity contribution < 1.29 is 14.5 Å². The molecule has 0 aliphatic rings. The first kappa shape index (κ1) is 10.2. The van der Waals surface area contributed by atoms with Gasteiger partial charge in [-0.15, -0.1) is 0 Å². The fourth-order valence-electron chi connectivity index (χ4n) is 1.08. The maximum Gasteiger partial charge on any atom is 0.344 e. The molecule has 6 heteroatoms. The SMILES string of the molecule is Bc1ccc(C(=O)OC)c([N+](=O)[O-])c1. The molecular weight excluding hydrogens is 185 g/mol. The first-order valence-electron chi connectivity index (χ1n) is 3.89. The standard InChI is InChI=1S/C8H8BNO4/c1-14-8(11)6-3-2-5(9)4-7(6)10(12)13/h2-4H,9H2,1H3. The molecule has 1 aromatic rings. The van der Waals surface area contributed by atoms with Crippen molar-refractivity contribution in [2.75, 3.05) is 7.11 Å². The Hall–Kier alpha value is -1.85. The Labute approximate surface area is 81.2 Å². The van der Waals surface area contributed by atoms with Crippen molar-refractivity contribution in [3.63, 3.8) is 0 Å². The van der Waals surface area contributed by atoms with E-state index in [2.05, 4.69) is 4.74 Å². The van der Waals surface area contributed by atoms with Crippen LogP contribution in [0.5, 0.6) is 0 Å². The van der Waals surface area contributed by atoms with Gasteiger partial charge >= 0.3 is 5.97 Å². The van der Waals surface area contributed by atoms with E-state index in [9.17, 15) is 14.9 Å². The Bertz CT molecular complexity index is 391. The van der Waals surface area contributed by atoms with E-state index >= 15 is 0 Å². The van der Waals surface area contributed by atoms with Crippen LogP contribution in [-0.2, 0) is 4.74 Å². The van der Waals surface area contributed by atoms with Crippen LogP contribution in [0.3, 0.4) is 0 Å². The van der Waals surface area contributed by atoms with Gasteiger partial charge in [-0.1, -0.05) is 11.5 Å². The van der Waals surface area contributed by atoms with Crippen LogP contribution in [0.2, 0.25) is 0 Å². The molecule has 0 spiro atoms. The first-order valence-corrected chi connectivity index (χ1v) is 3.89. The minimum Gasteiger partial charge on any atom is -0.465 e. The number of rotatable bonds is 2. The lowest BCUT2D eigenvalue weighted by atomic mass is 9.94. The van der Waals surface area contributed by atoms with Crippen molar-refractivity contribution in [3.05, 3.63) is 33.9 Å². The molecule has 5 nitrogen and oxygen atoms in total. The Morgan fingerprint density at radius 1 is 1.57 bits per heavy atom. The highest BCUT2D eigenvalue weighted by Crippen LogP contribution is 2.16. The lowest BCUT2D eigenvalue weighted by molar-refractivity contribution is -0.385. The molecule has 0 aromatic heterocycles. The van der Waals surface area contributed by atoms with Gasteiger partial charge < -0.3 is 4.74 Å². The molecule has 0 aliphatic heterocycles. The normalized spacial score (nSPS) is 9.50. The second kappa shape index (κ2) is 3.91. The molecule has 0 amide bonds. The second-order valence-corrected chi connectivity index (χ2v) is 2.77. The van der Waals surface area contributed by atoms with E-state index in [0.717, 1.165) is 5.46 Å². The number of methoxy groups -OCH3 is 1. The summed E-state index contributed by atoms with van der Waals surface area (Å²) in [5, 5.41) is 10.6. The highest BCUT2D eigenvalue weighted by Gasteiger charge is 2.20. The number of nitrogens with zero attached hydrogens (tertiary/aromatic N) is 1. The zero-order valence-electron chi connectivity index (χ0n) is 7.81. The number of hydrogen-bond acceptors (Lipinski definition) is 4. The smallest absolute Gasteiger partial charge is 0.344 e. The lowest BCUT2D eigenvalue weighted by Crippen LogP contribution is -2.10. The second-order valence-electron chi connectivity index (χ2n) is 2.77. The van der Waals surface area contributed by atoms with Crippen molar-refractivity contribution in [2.24, 2.45) is 0 Å². The summed E-state index contributed by atoms with van der Waals surface area (Å²) in [6, 6.07) is 4.35. The molecule has 72 valence electrons. The molecular formula is C8H8BNO4.